The van der Waals surface area contributed by atoms with Gasteiger partial charge in [0, 0.05) is 5.69 Å². The molecule has 0 saturated carbocycles. The van der Waals surface area contributed by atoms with Crippen LogP contribution in [0.3, 0.4) is 0 Å². The van der Waals surface area contributed by atoms with E-state index in [0.717, 1.165) is 24.7 Å². The molecule has 3 heteroatoms. The largest absolute Gasteiger partial charge is 0.380 e. The fourth-order valence-corrected chi connectivity index (χ4v) is 1.16. The third-order valence-electron chi connectivity index (χ3n) is 2.17. The Kier molecular flexibility index (Phi) is 3.48. The van der Waals surface area contributed by atoms with Gasteiger partial charge in [0.1, 0.15) is 5.82 Å². The Morgan fingerprint density at radius 1 is 1.31 bits per heavy atom. The molecule has 1 fully saturated rings. The van der Waals surface area contributed by atoms with Crippen LogP contribution in [0.15, 0.2) is 0 Å². The van der Waals surface area contributed by atoms with E-state index in [-0.39, 0.29) is 0 Å². The molecule has 1 saturated heterocycles. The minimum Gasteiger partial charge on any atom is -0.380 e. The zero-order valence-corrected chi connectivity index (χ0v) is 8.85. The number of rotatable bonds is 1. The van der Waals surface area contributed by atoms with Crippen LogP contribution in [-0.2, 0) is 4.74 Å². The monoisotopic (exact) mass is 182 g/mol. The quantitative estimate of drug-likeness (QED) is 0.722. The van der Waals surface area contributed by atoms with Crippen molar-refractivity contribution in [3.05, 3.63) is 17.2 Å². The maximum atomic E-state index is 5.08. The molecule has 1 N–H and O–H groups in total. The predicted molar refractivity (Wildman–Crippen MR) is 53.0 cm³/mol. The Morgan fingerprint density at radius 3 is 2.23 bits per heavy atom. The normalized spacial score (nSPS) is 16.0. The van der Waals surface area contributed by atoms with Crippen LogP contribution in [-0.4, -0.2) is 23.2 Å². The van der Waals surface area contributed by atoms with Crippen molar-refractivity contribution in [3.8, 4) is 0 Å². The van der Waals surface area contributed by atoms with E-state index in [4.69, 9.17) is 4.74 Å². The molecule has 74 valence electrons. The minimum atomic E-state index is 0.516. The van der Waals surface area contributed by atoms with E-state index >= 15 is 0 Å². The minimum absolute atomic E-state index is 0.516. The van der Waals surface area contributed by atoms with Gasteiger partial charge in [0.25, 0.3) is 0 Å². The maximum absolute atomic E-state index is 5.08. The second-order valence-electron chi connectivity index (χ2n) is 3.07. The molecule has 2 rings (SSSR count). The molecule has 0 aliphatic carbocycles. The van der Waals surface area contributed by atoms with Crippen LogP contribution < -0.4 is 0 Å². The highest BCUT2D eigenvalue weighted by molar-refractivity contribution is 5.14. The van der Waals surface area contributed by atoms with Gasteiger partial charge >= 0.3 is 0 Å². The summed E-state index contributed by atoms with van der Waals surface area (Å²) in [4.78, 5) is 7.65. The van der Waals surface area contributed by atoms with Crippen LogP contribution >= 0.6 is 0 Å². The molecule has 2 heterocycles. The van der Waals surface area contributed by atoms with Gasteiger partial charge in [0.2, 0.25) is 0 Å². The van der Waals surface area contributed by atoms with Crippen LogP contribution in [0.25, 0.3) is 0 Å². The Labute approximate surface area is 79.5 Å². The van der Waals surface area contributed by atoms with Crippen molar-refractivity contribution < 1.29 is 4.74 Å². The number of hydrogen-bond acceptors (Lipinski definition) is 2. The first-order valence-electron chi connectivity index (χ1n) is 4.88. The molecule has 0 radical (unpaired) electrons. The van der Waals surface area contributed by atoms with Crippen molar-refractivity contribution in [2.24, 2.45) is 0 Å². The molecule has 0 unspecified atom stereocenters. The van der Waals surface area contributed by atoms with Crippen LogP contribution in [0.4, 0.5) is 0 Å². The number of ether oxygens (including phenoxy) is 1. The molecule has 1 aromatic rings. The molecular weight excluding hydrogens is 164 g/mol. The van der Waals surface area contributed by atoms with Gasteiger partial charge in [-0.2, -0.15) is 0 Å². The van der Waals surface area contributed by atoms with Gasteiger partial charge in [0.05, 0.1) is 24.8 Å². The Hall–Kier alpha value is -0.830. The summed E-state index contributed by atoms with van der Waals surface area (Å²) in [6.07, 6.45) is 0. The van der Waals surface area contributed by atoms with E-state index in [9.17, 15) is 0 Å². The van der Waals surface area contributed by atoms with Crippen molar-refractivity contribution in [2.75, 3.05) is 13.2 Å². The second-order valence-corrected chi connectivity index (χ2v) is 3.07. The Balaban J connectivity index is 0.000000396. The summed E-state index contributed by atoms with van der Waals surface area (Å²) in [6, 6.07) is 0. The van der Waals surface area contributed by atoms with Crippen LogP contribution in [0, 0.1) is 13.8 Å². The summed E-state index contributed by atoms with van der Waals surface area (Å²) >= 11 is 0. The molecular formula is C10H18N2O. The molecule has 1 aliphatic heterocycles. The first kappa shape index (κ1) is 10.3. The third kappa shape index (κ3) is 2.10. The number of H-pyrrole nitrogens is 1. The second kappa shape index (κ2) is 4.42. The molecule has 3 nitrogen and oxygen atoms in total. The lowest BCUT2D eigenvalue weighted by Crippen LogP contribution is -2.26. The number of hydrogen-bond donors (Lipinski definition) is 1. The van der Waals surface area contributed by atoms with Crippen molar-refractivity contribution in [1.29, 1.82) is 0 Å². The summed E-state index contributed by atoms with van der Waals surface area (Å²) in [5, 5.41) is 0. The predicted octanol–water partition coefficient (Wildman–Crippen LogP) is 2.17. The summed E-state index contributed by atoms with van der Waals surface area (Å²) < 4.78 is 5.08. The average molecular weight is 182 g/mol. The molecule has 0 amide bonds. The number of imidazole rings is 1. The fourth-order valence-electron chi connectivity index (χ4n) is 1.16. The lowest BCUT2D eigenvalue weighted by atomic mass is 10.1. The molecule has 1 aromatic heterocycles. The van der Waals surface area contributed by atoms with E-state index in [1.54, 1.807) is 0 Å². The van der Waals surface area contributed by atoms with Gasteiger partial charge in [0.15, 0.2) is 0 Å². The molecule has 13 heavy (non-hydrogen) atoms. The summed E-state index contributed by atoms with van der Waals surface area (Å²) in [6.45, 7) is 9.72. The molecule has 1 aliphatic rings. The van der Waals surface area contributed by atoms with E-state index in [0.29, 0.717) is 5.92 Å². The van der Waals surface area contributed by atoms with Crippen LogP contribution in [0.1, 0.15) is 37.0 Å². The maximum Gasteiger partial charge on any atom is 0.114 e. The lowest BCUT2D eigenvalue weighted by molar-refractivity contribution is 0.00514. The third-order valence-corrected chi connectivity index (χ3v) is 2.17. The molecule has 0 bridgehead atoms. The zero-order valence-electron chi connectivity index (χ0n) is 8.85. The van der Waals surface area contributed by atoms with Crippen molar-refractivity contribution in [3.63, 3.8) is 0 Å². The van der Waals surface area contributed by atoms with E-state index < -0.39 is 0 Å². The highest BCUT2D eigenvalue weighted by Crippen LogP contribution is 2.21. The number of nitrogens with zero attached hydrogens (tertiary/aromatic N) is 1. The lowest BCUT2D eigenvalue weighted by Gasteiger charge is -2.23. The molecule has 0 spiro atoms. The van der Waals surface area contributed by atoms with Gasteiger partial charge in [-0.15, -0.1) is 0 Å². The Morgan fingerprint density at radius 2 is 1.92 bits per heavy atom. The van der Waals surface area contributed by atoms with E-state index in [1.165, 1.54) is 5.69 Å². The van der Waals surface area contributed by atoms with Crippen LogP contribution in [0.5, 0.6) is 0 Å². The number of aromatic nitrogens is 2. The summed E-state index contributed by atoms with van der Waals surface area (Å²) in [5.74, 6) is 1.61. The summed E-state index contributed by atoms with van der Waals surface area (Å²) in [5.41, 5.74) is 2.28. The highest BCUT2D eigenvalue weighted by atomic mass is 16.5. The van der Waals surface area contributed by atoms with Gasteiger partial charge in [-0.25, -0.2) is 4.98 Å². The number of aromatic amines is 1. The van der Waals surface area contributed by atoms with Crippen molar-refractivity contribution in [2.45, 2.75) is 33.6 Å². The van der Waals surface area contributed by atoms with Gasteiger partial charge in [-0.1, -0.05) is 13.8 Å². The van der Waals surface area contributed by atoms with Gasteiger partial charge in [-0.05, 0) is 13.8 Å². The summed E-state index contributed by atoms with van der Waals surface area (Å²) in [7, 11) is 0. The fraction of sp³-hybridized carbons (Fsp3) is 0.700. The van der Waals surface area contributed by atoms with Crippen molar-refractivity contribution >= 4 is 0 Å². The highest BCUT2D eigenvalue weighted by Gasteiger charge is 2.23. The molecule has 0 atom stereocenters. The Bertz CT molecular complexity index is 244. The van der Waals surface area contributed by atoms with Crippen LogP contribution in [0.2, 0.25) is 0 Å². The van der Waals surface area contributed by atoms with Gasteiger partial charge < -0.3 is 9.72 Å². The molecule has 0 aromatic carbocycles. The van der Waals surface area contributed by atoms with Gasteiger partial charge in [-0.3, -0.25) is 0 Å². The zero-order chi connectivity index (χ0) is 9.84. The standard InChI is InChI=1S/C8H12N2O.C2H6/c1-5-6(2)10-8(9-5)7-3-11-4-7;1-2/h7H,3-4H2,1-2H3,(H,9,10);1-2H3. The SMILES string of the molecule is CC.Cc1nc(C2COC2)[nH]c1C. The number of nitrogens with one attached hydrogen (secondary N) is 1. The topological polar surface area (TPSA) is 37.9 Å². The smallest absolute Gasteiger partial charge is 0.114 e. The van der Waals surface area contributed by atoms with Crippen molar-refractivity contribution in [1.82, 2.24) is 9.97 Å². The first-order chi connectivity index (χ1) is 6.27. The van der Waals surface area contributed by atoms with E-state index in [1.807, 2.05) is 27.7 Å². The first-order valence-corrected chi connectivity index (χ1v) is 4.88. The number of aryl methyl sites for hydroxylation is 2. The average Bonchev–Trinajstić information content (AvgIpc) is 2.32. The van der Waals surface area contributed by atoms with E-state index in [2.05, 4.69) is 9.97 Å².